The summed E-state index contributed by atoms with van der Waals surface area (Å²) in [6.45, 7) is 0. The Morgan fingerprint density at radius 1 is 0.900 bits per heavy atom. The minimum Gasteiger partial charge on any atom is -0.508 e. The van der Waals surface area contributed by atoms with Crippen LogP contribution in [0.2, 0.25) is 0 Å². The third-order valence-electron chi connectivity index (χ3n) is 4.82. The van der Waals surface area contributed by atoms with Crippen LogP contribution < -0.4 is 14.2 Å². The van der Waals surface area contributed by atoms with Gasteiger partial charge in [0, 0.05) is 22.8 Å². The van der Waals surface area contributed by atoms with E-state index in [4.69, 9.17) is 14.2 Å². The monoisotopic (exact) mass is 400 g/mol. The average molecular weight is 400 g/mol. The largest absolute Gasteiger partial charge is 0.508 e. The minimum atomic E-state index is -0.140. The molecule has 4 rings (SSSR count). The lowest BCUT2D eigenvalue weighted by atomic mass is 9.97. The number of carbonyl (C=O) groups is 1. The summed E-state index contributed by atoms with van der Waals surface area (Å²) in [6, 6.07) is 19.2. The molecule has 0 radical (unpaired) electrons. The van der Waals surface area contributed by atoms with Gasteiger partial charge in [-0.15, -0.1) is 0 Å². The highest BCUT2D eigenvalue weighted by Crippen LogP contribution is 2.39. The minimum absolute atomic E-state index is 0.0885. The van der Waals surface area contributed by atoms with E-state index < -0.39 is 0 Å². The number of phenols is 1. The molecule has 0 unspecified atom stereocenters. The Morgan fingerprint density at radius 3 is 2.17 bits per heavy atom. The lowest BCUT2D eigenvalue weighted by molar-refractivity contribution is 0.104. The molecule has 0 atom stereocenters. The number of fused-ring (bicyclic) bond motifs is 1. The number of hydrogen-bond donors (Lipinski definition) is 1. The molecular formula is C25H20O5. The number of phenolic OH excluding ortho intramolecular Hbond substituents is 1. The molecule has 5 nitrogen and oxygen atoms in total. The lowest BCUT2D eigenvalue weighted by Gasteiger charge is -2.21. The molecule has 3 aromatic carbocycles. The van der Waals surface area contributed by atoms with Crippen LogP contribution in [0.25, 0.3) is 11.3 Å². The number of allylic oxidation sites excluding steroid dienone is 3. The first-order chi connectivity index (χ1) is 14.6. The van der Waals surface area contributed by atoms with Gasteiger partial charge in [-0.2, -0.15) is 0 Å². The van der Waals surface area contributed by atoms with Crippen LogP contribution in [0.5, 0.6) is 23.0 Å². The zero-order chi connectivity index (χ0) is 21.1. The van der Waals surface area contributed by atoms with Crippen LogP contribution in [0, 0.1) is 0 Å². The second-order valence-electron chi connectivity index (χ2n) is 6.71. The Kier molecular flexibility index (Phi) is 5.26. The molecular weight excluding hydrogens is 380 g/mol. The van der Waals surface area contributed by atoms with Crippen LogP contribution in [0.4, 0.5) is 0 Å². The number of carbonyl (C=O) groups excluding carboxylic acids is 1. The summed E-state index contributed by atoms with van der Waals surface area (Å²) in [4.78, 5) is 12.9. The van der Waals surface area contributed by atoms with Crippen molar-refractivity contribution in [2.75, 3.05) is 14.2 Å². The molecule has 1 N–H and O–H groups in total. The number of ether oxygens (including phenoxy) is 3. The maximum atomic E-state index is 12.9. The van der Waals surface area contributed by atoms with Crippen LogP contribution >= 0.6 is 0 Å². The Bertz CT molecular complexity index is 1140. The second kappa shape index (κ2) is 8.17. The summed E-state index contributed by atoms with van der Waals surface area (Å²) in [5, 5.41) is 9.89. The number of methoxy groups -OCH3 is 2. The average Bonchev–Trinajstić information content (AvgIpc) is 2.78. The van der Waals surface area contributed by atoms with Gasteiger partial charge in [-0.25, -0.2) is 0 Å². The van der Waals surface area contributed by atoms with Crippen LogP contribution in [0.3, 0.4) is 0 Å². The summed E-state index contributed by atoms with van der Waals surface area (Å²) in [6.07, 6.45) is 3.40. The van der Waals surface area contributed by atoms with Crippen molar-refractivity contribution in [2.24, 2.45) is 0 Å². The third kappa shape index (κ3) is 3.91. The van der Waals surface area contributed by atoms with Crippen molar-refractivity contribution in [3.05, 3.63) is 95.6 Å². The first kappa shape index (κ1) is 19.3. The van der Waals surface area contributed by atoms with E-state index in [9.17, 15) is 9.90 Å². The Morgan fingerprint density at radius 2 is 1.53 bits per heavy atom. The molecule has 0 aliphatic carbocycles. The molecule has 0 fully saturated rings. The zero-order valence-corrected chi connectivity index (χ0v) is 16.6. The topological polar surface area (TPSA) is 65.0 Å². The molecule has 5 heteroatoms. The smallest absolute Gasteiger partial charge is 0.186 e. The van der Waals surface area contributed by atoms with E-state index in [-0.39, 0.29) is 11.5 Å². The number of benzene rings is 3. The maximum absolute atomic E-state index is 12.9. The Labute approximate surface area is 174 Å². The standard InChI is InChI=1S/C25H20O5/c1-28-20-8-3-16(4-9-20)23(27)13-18-14-24(17-5-10-21(29-2)11-6-17)30-25-15-19(26)7-12-22(18)25/h3-15,26H,1-2H3. The van der Waals surface area contributed by atoms with Gasteiger partial charge in [0.05, 0.1) is 14.2 Å². The van der Waals surface area contributed by atoms with Gasteiger partial charge in [-0.05, 0) is 78.4 Å². The van der Waals surface area contributed by atoms with Crippen molar-refractivity contribution in [1.29, 1.82) is 0 Å². The normalized spacial score (nSPS) is 13.8. The van der Waals surface area contributed by atoms with Gasteiger partial charge in [0.25, 0.3) is 0 Å². The molecule has 0 saturated carbocycles. The molecule has 150 valence electrons. The van der Waals surface area contributed by atoms with E-state index in [1.54, 1.807) is 56.7 Å². The maximum Gasteiger partial charge on any atom is 0.186 e. The first-order valence-electron chi connectivity index (χ1n) is 9.35. The van der Waals surface area contributed by atoms with E-state index in [1.807, 2.05) is 30.3 Å². The van der Waals surface area contributed by atoms with Gasteiger partial charge in [0.15, 0.2) is 5.78 Å². The molecule has 0 bridgehead atoms. The SMILES string of the molecule is COc1ccc(C(=O)C=C2C=C(c3ccc(OC)cc3)Oc3cc(O)ccc32)cc1. The quantitative estimate of drug-likeness (QED) is 0.476. The van der Waals surface area contributed by atoms with Gasteiger partial charge in [-0.3, -0.25) is 4.79 Å². The summed E-state index contributed by atoms with van der Waals surface area (Å²) in [5.41, 5.74) is 2.80. The Hall–Kier alpha value is -3.99. The fraction of sp³-hybridized carbons (Fsp3) is 0.0800. The number of rotatable bonds is 5. The van der Waals surface area contributed by atoms with Gasteiger partial charge in [0.1, 0.15) is 28.8 Å². The molecule has 30 heavy (non-hydrogen) atoms. The van der Waals surface area contributed by atoms with Crippen molar-refractivity contribution in [1.82, 2.24) is 0 Å². The van der Waals surface area contributed by atoms with Crippen molar-refractivity contribution in [3.63, 3.8) is 0 Å². The van der Waals surface area contributed by atoms with E-state index in [0.29, 0.717) is 28.4 Å². The molecule has 0 saturated heterocycles. The van der Waals surface area contributed by atoms with E-state index >= 15 is 0 Å². The highest BCUT2D eigenvalue weighted by molar-refractivity contribution is 6.11. The highest BCUT2D eigenvalue weighted by Gasteiger charge is 2.20. The first-order valence-corrected chi connectivity index (χ1v) is 9.35. The van der Waals surface area contributed by atoms with Crippen molar-refractivity contribution in [3.8, 4) is 23.0 Å². The van der Waals surface area contributed by atoms with E-state index in [1.165, 1.54) is 6.07 Å². The van der Waals surface area contributed by atoms with Crippen molar-refractivity contribution in [2.45, 2.75) is 0 Å². The predicted octanol–water partition coefficient (Wildman–Crippen LogP) is 5.11. The summed E-state index contributed by atoms with van der Waals surface area (Å²) in [5.74, 6) is 2.43. The predicted molar refractivity (Wildman–Crippen MR) is 115 cm³/mol. The summed E-state index contributed by atoms with van der Waals surface area (Å²) < 4.78 is 16.4. The van der Waals surface area contributed by atoms with Crippen molar-refractivity contribution >= 4 is 17.1 Å². The molecule has 1 aliphatic heterocycles. The second-order valence-corrected chi connectivity index (χ2v) is 6.71. The van der Waals surface area contributed by atoms with Crippen LogP contribution in [0.1, 0.15) is 21.5 Å². The number of hydrogen-bond acceptors (Lipinski definition) is 5. The van der Waals surface area contributed by atoms with Gasteiger partial charge >= 0.3 is 0 Å². The van der Waals surface area contributed by atoms with E-state index in [2.05, 4.69) is 0 Å². The molecule has 0 amide bonds. The highest BCUT2D eigenvalue weighted by atomic mass is 16.5. The Balaban J connectivity index is 1.75. The molecule has 1 aliphatic rings. The third-order valence-corrected chi connectivity index (χ3v) is 4.82. The van der Waals surface area contributed by atoms with Crippen LogP contribution in [-0.4, -0.2) is 25.1 Å². The number of ketones is 1. The molecule has 0 spiro atoms. The van der Waals surface area contributed by atoms with Crippen LogP contribution in [-0.2, 0) is 0 Å². The van der Waals surface area contributed by atoms with Gasteiger partial charge in [0.2, 0.25) is 0 Å². The molecule has 0 aromatic heterocycles. The van der Waals surface area contributed by atoms with Gasteiger partial charge < -0.3 is 19.3 Å². The summed E-state index contributed by atoms with van der Waals surface area (Å²) >= 11 is 0. The van der Waals surface area contributed by atoms with Crippen LogP contribution in [0.15, 0.2) is 78.9 Å². The summed E-state index contributed by atoms with van der Waals surface area (Å²) in [7, 11) is 3.19. The zero-order valence-electron chi connectivity index (χ0n) is 16.6. The lowest BCUT2D eigenvalue weighted by Crippen LogP contribution is -2.05. The fourth-order valence-electron chi connectivity index (χ4n) is 3.20. The molecule has 1 heterocycles. The van der Waals surface area contributed by atoms with E-state index in [0.717, 1.165) is 16.9 Å². The van der Waals surface area contributed by atoms with Gasteiger partial charge in [-0.1, -0.05) is 0 Å². The molecule has 3 aromatic rings. The number of aromatic hydroxyl groups is 1. The fourth-order valence-corrected chi connectivity index (χ4v) is 3.20. The van der Waals surface area contributed by atoms with Crippen molar-refractivity contribution < 1.29 is 24.1 Å².